The molecule has 1 aliphatic heterocycles. The van der Waals surface area contributed by atoms with E-state index in [0.717, 1.165) is 36.2 Å². The fourth-order valence-electron chi connectivity index (χ4n) is 7.29. The molecule has 11 nitrogen and oxygen atoms in total. The minimum absolute atomic E-state index is 0.115. The van der Waals surface area contributed by atoms with E-state index >= 15 is 0 Å². The SMILES string of the molecule is CC.Cc1ccc[n+](CCNC(=O)C(C)(CON2CCC2)CC(C)(CC(C)(C(=O)NCC[n+]2cccc(C)c2)C(C)(C)C)C(=O)NCC[n+]2cccc(C)c2)c1. The Bertz CT molecular complexity index is 1740. The highest BCUT2D eigenvalue weighted by Crippen LogP contribution is 2.50. The molecule has 3 atom stereocenters. The molecular weight excluding hydrogens is 703 g/mol. The van der Waals surface area contributed by atoms with E-state index in [1.54, 1.807) is 0 Å². The molecule has 1 aliphatic rings. The number of nitrogens with one attached hydrogen (secondary N) is 3. The molecule has 3 aromatic heterocycles. The second-order valence-electron chi connectivity index (χ2n) is 17.2. The zero-order chi connectivity index (χ0) is 41.6. The summed E-state index contributed by atoms with van der Waals surface area (Å²) in [6.45, 7) is 26.9. The van der Waals surface area contributed by atoms with Gasteiger partial charge in [0.2, 0.25) is 17.7 Å². The molecule has 1 saturated heterocycles. The third-order valence-electron chi connectivity index (χ3n) is 11.1. The number of carbonyl (C=O) groups is 3. The Balaban J connectivity index is 0.00000414. The third kappa shape index (κ3) is 13.2. The summed E-state index contributed by atoms with van der Waals surface area (Å²) in [5.74, 6) is -0.480. The lowest BCUT2D eigenvalue weighted by molar-refractivity contribution is -0.695. The van der Waals surface area contributed by atoms with Crippen molar-refractivity contribution >= 4 is 17.7 Å². The van der Waals surface area contributed by atoms with Crippen molar-refractivity contribution in [1.82, 2.24) is 21.0 Å². The first-order valence-corrected chi connectivity index (χ1v) is 20.5. The smallest absolute Gasteiger partial charge is 0.228 e. The highest BCUT2D eigenvalue weighted by molar-refractivity contribution is 5.88. The van der Waals surface area contributed by atoms with E-state index in [2.05, 4.69) is 56.6 Å². The Morgan fingerprint density at radius 1 is 0.625 bits per heavy atom. The van der Waals surface area contributed by atoms with Crippen LogP contribution >= 0.6 is 0 Å². The maximum atomic E-state index is 14.7. The first-order chi connectivity index (χ1) is 26.4. The predicted molar refractivity (Wildman–Crippen MR) is 220 cm³/mol. The lowest BCUT2D eigenvalue weighted by Gasteiger charge is -2.47. The number of carbonyl (C=O) groups excluding carboxylic acids is 3. The van der Waals surface area contributed by atoms with E-state index in [1.165, 1.54) is 0 Å². The van der Waals surface area contributed by atoms with Gasteiger partial charge in [-0.25, -0.2) is 13.7 Å². The van der Waals surface area contributed by atoms with Crippen LogP contribution in [0, 0.1) is 42.4 Å². The van der Waals surface area contributed by atoms with Gasteiger partial charge in [-0.15, -0.1) is 0 Å². The van der Waals surface area contributed by atoms with Crippen molar-refractivity contribution < 1.29 is 32.9 Å². The zero-order valence-electron chi connectivity index (χ0n) is 36.3. The van der Waals surface area contributed by atoms with Gasteiger partial charge in [0.05, 0.1) is 37.1 Å². The molecule has 0 aliphatic carbocycles. The Morgan fingerprint density at radius 3 is 1.38 bits per heavy atom. The normalized spacial score (nSPS) is 16.1. The molecule has 4 rings (SSSR count). The largest absolute Gasteiger partial charge is 0.349 e. The lowest BCUT2D eigenvalue weighted by atomic mass is 9.57. The summed E-state index contributed by atoms with van der Waals surface area (Å²) in [5.41, 5.74) is -0.294. The number of pyridine rings is 3. The summed E-state index contributed by atoms with van der Waals surface area (Å²) in [6.07, 6.45) is 13.6. The molecule has 1 fully saturated rings. The monoisotopic (exact) mass is 775 g/mol. The molecule has 0 spiro atoms. The summed E-state index contributed by atoms with van der Waals surface area (Å²) in [6, 6.07) is 12.1. The Morgan fingerprint density at radius 2 is 1.02 bits per heavy atom. The Kier molecular flexibility index (Phi) is 17.1. The second-order valence-corrected chi connectivity index (χ2v) is 17.2. The fourth-order valence-corrected chi connectivity index (χ4v) is 7.29. The van der Waals surface area contributed by atoms with Gasteiger partial charge >= 0.3 is 0 Å². The first kappa shape index (κ1) is 46.2. The average Bonchev–Trinajstić information content (AvgIpc) is 3.11. The number of aromatic nitrogens is 3. The van der Waals surface area contributed by atoms with Crippen LogP contribution in [0.4, 0.5) is 0 Å². The van der Waals surface area contributed by atoms with Crippen LogP contribution in [0.2, 0.25) is 0 Å². The average molecular weight is 775 g/mol. The van der Waals surface area contributed by atoms with Gasteiger partial charge in [-0.2, -0.15) is 5.06 Å². The summed E-state index contributed by atoms with van der Waals surface area (Å²) in [5, 5.41) is 11.5. The van der Waals surface area contributed by atoms with Gasteiger partial charge in [-0.1, -0.05) is 48.5 Å². The highest BCUT2D eigenvalue weighted by atomic mass is 16.7. The molecule has 11 heteroatoms. The van der Waals surface area contributed by atoms with Crippen LogP contribution < -0.4 is 29.7 Å². The fraction of sp³-hybridized carbons (Fsp3) is 0.600. The molecule has 3 amide bonds. The lowest BCUT2D eigenvalue weighted by Crippen LogP contribution is -2.56. The van der Waals surface area contributed by atoms with Crippen molar-refractivity contribution in [2.75, 3.05) is 39.3 Å². The van der Waals surface area contributed by atoms with Crippen molar-refractivity contribution in [2.24, 2.45) is 21.7 Å². The summed E-state index contributed by atoms with van der Waals surface area (Å²) < 4.78 is 6.17. The molecule has 0 bridgehead atoms. The minimum Gasteiger partial charge on any atom is -0.349 e. The molecule has 56 heavy (non-hydrogen) atoms. The van der Waals surface area contributed by atoms with E-state index in [1.807, 2.05) is 128 Å². The van der Waals surface area contributed by atoms with Crippen LogP contribution in [0.1, 0.15) is 91.3 Å². The van der Waals surface area contributed by atoms with Crippen molar-refractivity contribution in [3.05, 3.63) is 90.3 Å². The quantitative estimate of drug-likeness (QED) is 0.153. The molecule has 3 aromatic rings. The van der Waals surface area contributed by atoms with Crippen molar-refractivity contribution in [2.45, 2.75) is 115 Å². The Hall–Kier alpha value is -4.22. The number of amides is 3. The number of rotatable bonds is 19. The maximum Gasteiger partial charge on any atom is 0.228 e. The van der Waals surface area contributed by atoms with E-state index in [-0.39, 0.29) is 37.2 Å². The number of aryl methyl sites for hydroxylation is 3. The summed E-state index contributed by atoms with van der Waals surface area (Å²) in [4.78, 5) is 49.6. The molecule has 0 aromatic carbocycles. The van der Waals surface area contributed by atoms with Gasteiger partial charge in [0.15, 0.2) is 56.8 Å². The third-order valence-corrected chi connectivity index (χ3v) is 11.1. The van der Waals surface area contributed by atoms with Gasteiger partial charge in [-0.3, -0.25) is 19.2 Å². The number of hydrogen-bond donors (Lipinski definition) is 3. The predicted octanol–water partition coefficient (Wildman–Crippen LogP) is 4.73. The van der Waals surface area contributed by atoms with Crippen LogP contribution in [0.5, 0.6) is 0 Å². The van der Waals surface area contributed by atoms with Crippen molar-refractivity contribution in [3.8, 4) is 0 Å². The standard InChI is InChI=1S/C43H63N7O4.C2H6/c1-34-14-10-20-47(28-34)25-17-44-37(51)41(7,32-43(9,40(4,5)6)39(53)46-19-27-49-22-12-16-36(3)30-49)31-42(8,33-54-50-23-13-24-50)38(52)45-18-26-48-21-11-15-35(2)29-48;1-2/h10-12,14-16,20-22,28-30H,13,17-19,23-27,31-33H2,1-9H3;1-2H3/p+3. The maximum absolute atomic E-state index is 14.7. The molecule has 4 heterocycles. The number of nitrogens with zero attached hydrogens (tertiary/aromatic N) is 4. The molecular formula is C45H72N7O4+3. The number of hydroxylamine groups is 2. The van der Waals surface area contributed by atoms with Gasteiger partial charge in [0.1, 0.15) is 0 Å². The van der Waals surface area contributed by atoms with E-state index < -0.39 is 21.7 Å². The molecule has 0 saturated carbocycles. The zero-order valence-corrected chi connectivity index (χ0v) is 36.3. The van der Waals surface area contributed by atoms with Gasteiger partial charge in [0.25, 0.3) is 0 Å². The molecule has 308 valence electrons. The second kappa shape index (κ2) is 20.8. The Labute approximate surface area is 337 Å². The van der Waals surface area contributed by atoms with Crippen LogP contribution in [-0.2, 0) is 38.9 Å². The summed E-state index contributed by atoms with van der Waals surface area (Å²) >= 11 is 0. The molecule has 3 N–H and O–H groups in total. The number of hydrogen-bond acceptors (Lipinski definition) is 5. The van der Waals surface area contributed by atoms with E-state index in [9.17, 15) is 14.4 Å². The van der Waals surface area contributed by atoms with E-state index in [0.29, 0.717) is 39.3 Å². The van der Waals surface area contributed by atoms with Gasteiger partial charge < -0.3 is 16.0 Å². The van der Waals surface area contributed by atoms with Gasteiger partial charge in [-0.05, 0) is 70.6 Å². The van der Waals surface area contributed by atoms with Gasteiger partial charge in [0, 0.05) is 53.4 Å². The molecule has 3 unspecified atom stereocenters. The highest BCUT2D eigenvalue weighted by Gasteiger charge is 2.54. The van der Waals surface area contributed by atoms with Crippen LogP contribution in [0.25, 0.3) is 0 Å². The van der Waals surface area contributed by atoms with Crippen LogP contribution in [0.15, 0.2) is 73.6 Å². The van der Waals surface area contributed by atoms with Crippen molar-refractivity contribution in [1.29, 1.82) is 0 Å². The van der Waals surface area contributed by atoms with Crippen LogP contribution in [-0.4, -0.2) is 62.1 Å². The van der Waals surface area contributed by atoms with Crippen LogP contribution in [0.3, 0.4) is 0 Å². The van der Waals surface area contributed by atoms with Crippen molar-refractivity contribution in [3.63, 3.8) is 0 Å². The topological polar surface area (TPSA) is 111 Å². The van der Waals surface area contributed by atoms with E-state index in [4.69, 9.17) is 4.84 Å². The minimum atomic E-state index is -1.13. The molecule has 0 radical (unpaired) electrons. The first-order valence-electron chi connectivity index (χ1n) is 20.5. The summed E-state index contributed by atoms with van der Waals surface area (Å²) in [7, 11) is 0.